The van der Waals surface area contributed by atoms with Crippen LogP contribution < -0.4 is 0 Å². The van der Waals surface area contributed by atoms with Gasteiger partial charge in [-0.05, 0) is 42.9 Å². The average molecular weight is 420 g/mol. The molecule has 0 aromatic heterocycles. The number of likely N-dealkylation sites (tertiary alicyclic amines) is 1. The number of carbonyl (C=O) groups is 2. The lowest BCUT2D eigenvalue weighted by Crippen LogP contribution is -2.38. The lowest BCUT2D eigenvalue weighted by atomic mass is 9.68. The molecule has 1 aliphatic carbocycles. The Balaban J connectivity index is 1.54. The van der Waals surface area contributed by atoms with E-state index in [9.17, 15) is 19.8 Å². The SMILES string of the molecule is CC1=C([C@H](O)CCc2ccccc2)[C@H](CO)[C@@H]2C(=O)N(Cc3ccccc3)C(=O)[C@@H]2C1. The van der Waals surface area contributed by atoms with Gasteiger partial charge in [-0.1, -0.05) is 66.2 Å². The van der Waals surface area contributed by atoms with Crippen molar-refractivity contribution < 1.29 is 19.8 Å². The van der Waals surface area contributed by atoms with Crippen LogP contribution >= 0.6 is 0 Å². The highest BCUT2D eigenvalue weighted by molar-refractivity contribution is 6.05. The fourth-order valence-corrected chi connectivity index (χ4v) is 5.21. The minimum absolute atomic E-state index is 0.172. The van der Waals surface area contributed by atoms with E-state index in [1.165, 1.54) is 4.90 Å². The molecule has 0 saturated carbocycles. The minimum atomic E-state index is -0.746. The molecule has 5 nitrogen and oxygen atoms in total. The summed E-state index contributed by atoms with van der Waals surface area (Å²) in [6.45, 7) is 1.90. The van der Waals surface area contributed by atoms with Crippen molar-refractivity contribution in [1.82, 2.24) is 4.90 Å². The molecule has 31 heavy (non-hydrogen) atoms. The molecule has 0 radical (unpaired) electrons. The molecular formula is C26H29NO4. The summed E-state index contributed by atoms with van der Waals surface area (Å²) >= 11 is 0. The molecule has 1 aliphatic heterocycles. The molecule has 2 aromatic rings. The quantitative estimate of drug-likeness (QED) is 0.534. The first-order chi connectivity index (χ1) is 15.0. The number of hydrogen-bond acceptors (Lipinski definition) is 4. The van der Waals surface area contributed by atoms with E-state index in [4.69, 9.17) is 0 Å². The highest BCUT2D eigenvalue weighted by Crippen LogP contribution is 2.46. The Morgan fingerprint density at radius 1 is 0.968 bits per heavy atom. The van der Waals surface area contributed by atoms with E-state index >= 15 is 0 Å². The van der Waals surface area contributed by atoms with Crippen LogP contribution in [0.15, 0.2) is 71.8 Å². The Kier molecular flexibility index (Phi) is 6.35. The molecule has 4 atom stereocenters. The smallest absolute Gasteiger partial charge is 0.234 e. The van der Waals surface area contributed by atoms with E-state index < -0.39 is 23.9 Å². The van der Waals surface area contributed by atoms with Crippen molar-refractivity contribution in [1.29, 1.82) is 0 Å². The van der Waals surface area contributed by atoms with Gasteiger partial charge in [0.25, 0.3) is 0 Å². The van der Waals surface area contributed by atoms with E-state index in [1.807, 2.05) is 67.6 Å². The zero-order valence-electron chi connectivity index (χ0n) is 17.8. The fourth-order valence-electron chi connectivity index (χ4n) is 5.21. The second-order valence-electron chi connectivity index (χ2n) is 8.65. The first-order valence-corrected chi connectivity index (χ1v) is 10.9. The molecule has 5 heteroatoms. The van der Waals surface area contributed by atoms with Gasteiger partial charge in [-0.25, -0.2) is 0 Å². The van der Waals surface area contributed by atoms with E-state index in [2.05, 4.69) is 0 Å². The van der Waals surface area contributed by atoms with Gasteiger partial charge in [0, 0.05) is 5.92 Å². The summed E-state index contributed by atoms with van der Waals surface area (Å²) in [7, 11) is 0. The van der Waals surface area contributed by atoms with Gasteiger partial charge in [0.05, 0.1) is 31.1 Å². The molecule has 0 spiro atoms. The van der Waals surface area contributed by atoms with Gasteiger partial charge in [-0.15, -0.1) is 0 Å². The zero-order valence-corrected chi connectivity index (χ0v) is 17.8. The predicted molar refractivity (Wildman–Crippen MR) is 118 cm³/mol. The summed E-state index contributed by atoms with van der Waals surface area (Å²) in [5.41, 5.74) is 3.69. The van der Waals surface area contributed by atoms with Crippen molar-refractivity contribution in [3.05, 3.63) is 82.9 Å². The monoisotopic (exact) mass is 419 g/mol. The van der Waals surface area contributed by atoms with Crippen molar-refractivity contribution in [2.75, 3.05) is 6.61 Å². The Morgan fingerprint density at radius 3 is 2.19 bits per heavy atom. The molecule has 1 fully saturated rings. The lowest BCUT2D eigenvalue weighted by molar-refractivity contribution is -0.140. The number of amides is 2. The molecule has 2 aromatic carbocycles. The van der Waals surface area contributed by atoms with Crippen LogP contribution in [0.4, 0.5) is 0 Å². The second kappa shape index (κ2) is 9.16. The summed E-state index contributed by atoms with van der Waals surface area (Å²) in [5.74, 6) is -2.00. The van der Waals surface area contributed by atoms with Crippen LogP contribution in [0.2, 0.25) is 0 Å². The van der Waals surface area contributed by atoms with Crippen LogP contribution in [0.5, 0.6) is 0 Å². The van der Waals surface area contributed by atoms with Crippen molar-refractivity contribution in [3.8, 4) is 0 Å². The molecule has 1 heterocycles. The number of aryl methyl sites for hydroxylation is 1. The Bertz CT molecular complexity index is 969. The van der Waals surface area contributed by atoms with Crippen LogP contribution in [0.25, 0.3) is 0 Å². The van der Waals surface area contributed by atoms with E-state index in [0.29, 0.717) is 19.3 Å². The van der Waals surface area contributed by atoms with Gasteiger partial charge in [-0.3, -0.25) is 14.5 Å². The highest BCUT2D eigenvalue weighted by atomic mass is 16.3. The molecule has 2 N–H and O–H groups in total. The van der Waals surface area contributed by atoms with E-state index in [-0.39, 0.29) is 25.0 Å². The highest BCUT2D eigenvalue weighted by Gasteiger charge is 2.54. The van der Waals surface area contributed by atoms with E-state index in [0.717, 1.165) is 22.3 Å². The Hall–Kier alpha value is -2.76. The van der Waals surface area contributed by atoms with Gasteiger partial charge in [0.1, 0.15) is 0 Å². The molecule has 4 rings (SSSR count). The molecular weight excluding hydrogens is 390 g/mol. The number of allylic oxidation sites excluding steroid dienone is 1. The number of hydrogen-bond donors (Lipinski definition) is 2. The molecule has 0 unspecified atom stereocenters. The largest absolute Gasteiger partial charge is 0.396 e. The number of carbonyl (C=O) groups excluding carboxylic acids is 2. The normalized spacial score (nSPS) is 24.5. The Morgan fingerprint density at radius 2 is 1.58 bits per heavy atom. The molecule has 2 aliphatic rings. The van der Waals surface area contributed by atoms with E-state index in [1.54, 1.807) is 0 Å². The van der Waals surface area contributed by atoms with Crippen LogP contribution in [0.1, 0.15) is 30.9 Å². The van der Waals surface area contributed by atoms with Gasteiger partial charge in [0.15, 0.2) is 0 Å². The lowest BCUT2D eigenvalue weighted by Gasteiger charge is -2.35. The van der Waals surface area contributed by atoms with Gasteiger partial charge in [-0.2, -0.15) is 0 Å². The Labute approximate surface area is 183 Å². The molecule has 162 valence electrons. The second-order valence-corrected chi connectivity index (χ2v) is 8.65. The van der Waals surface area contributed by atoms with Crippen LogP contribution in [0, 0.1) is 17.8 Å². The zero-order chi connectivity index (χ0) is 22.0. The summed E-state index contributed by atoms with van der Waals surface area (Å²) < 4.78 is 0. The number of benzene rings is 2. The number of nitrogens with zero attached hydrogens (tertiary/aromatic N) is 1. The maximum atomic E-state index is 13.3. The number of rotatable bonds is 7. The topological polar surface area (TPSA) is 77.8 Å². The average Bonchev–Trinajstić information content (AvgIpc) is 3.02. The summed E-state index contributed by atoms with van der Waals surface area (Å²) in [6, 6.07) is 19.4. The van der Waals surface area contributed by atoms with Crippen LogP contribution in [0.3, 0.4) is 0 Å². The number of aliphatic hydroxyl groups excluding tert-OH is 2. The summed E-state index contributed by atoms with van der Waals surface area (Å²) in [6.07, 6.45) is 0.928. The standard InChI is InChI=1S/C26H29NO4/c1-17-14-20-24(26(31)27(25(20)30)15-19-10-6-3-7-11-19)21(16-28)23(17)22(29)13-12-18-8-4-2-5-9-18/h2-11,20-22,24,28-29H,12-16H2,1H3/t20-,21+,22-,24-/m1/s1. The van der Waals surface area contributed by atoms with Crippen LogP contribution in [-0.4, -0.2) is 39.6 Å². The first-order valence-electron chi connectivity index (χ1n) is 10.9. The van der Waals surface area contributed by atoms with Crippen LogP contribution in [-0.2, 0) is 22.6 Å². The summed E-state index contributed by atoms with van der Waals surface area (Å²) in [5, 5.41) is 21.2. The maximum Gasteiger partial charge on any atom is 0.234 e. The number of aliphatic hydroxyl groups is 2. The summed E-state index contributed by atoms with van der Waals surface area (Å²) in [4.78, 5) is 27.7. The van der Waals surface area contributed by atoms with Gasteiger partial charge >= 0.3 is 0 Å². The third-order valence-electron chi connectivity index (χ3n) is 6.71. The van der Waals surface area contributed by atoms with Crippen molar-refractivity contribution in [3.63, 3.8) is 0 Å². The van der Waals surface area contributed by atoms with Crippen molar-refractivity contribution in [2.45, 2.75) is 38.8 Å². The first kappa shape index (κ1) is 21.5. The molecule has 2 amide bonds. The minimum Gasteiger partial charge on any atom is -0.396 e. The van der Waals surface area contributed by atoms with Gasteiger partial charge < -0.3 is 10.2 Å². The fraction of sp³-hybridized carbons (Fsp3) is 0.385. The van der Waals surface area contributed by atoms with Crippen molar-refractivity contribution in [2.24, 2.45) is 17.8 Å². The predicted octanol–water partition coefficient (Wildman–Crippen LogP) is 3.11. The van der Waals surface area contributed by atoms with Crippen molar-refractivity contribution >= 4 is 11.8 Å². The third kappa shape index (κ3) is 4.21. The number of fused-ring (bicyclic) bond motifs is 1. The molecule has 1 saturated heterocycles. The maximum absolute atomic E-state index is 13.3. The third-order valence-corrected chi connectivity index (χ3v) is 6.71. The van der Waals surface area contributed by atoms with Gasteiger partial charge in [0.2, 0.25) is 11.8 Å². The molecule has 0 bridgehead atoms. The number of imide groups is 1.